The predicted molar refractivity (Wildman–Crippen MR) is 105 cm³/mol. The van der Waals surface area contributed by atoms with E-state index >= 15 is 0 Å². The van der Waals surface area contributed by atoms with Crippen LogP contribution in [0, 0.1) is 5.82 Å². The normalized spacial score (nSPS) is 17.6. The molecule has 0 atom stereocenters. The summed E-state index contributed by atoms with van der Waals surface area (Å²) in [6.45, 7) is 0. The number of nitrogens with one attached hydrogen (secondary N) is 2. The maximum absolute atomic E-state index is 14.2. The first-order chi connectivity index (χ1) is 15.7. The van der Waals surface area contributed by atoms with E-state index in [0.717, 1.165) is 12.8 Å². The second kappa shape index (κ2) is 7.53. The second-order valence-corrected chi connectivity index (χ2v) is 7.55. The highest BCUT2D eigenvalue weighted by Gasteiger charge is 2.32. The lowest BCUT2D eigenvalue weighted by atomic mass is 10.1. The van der Waals surface area contributed by atoms with E-state index in [4.69, 9.17) is 4.74 Å². The molecule has 3 aromatic rings. The zero-order valence-corrected chi connectivity index (χ0v) is 16.6. The van der Waals surface area contributed by atoms with Gasteiger partial charge in [-0.15, -0.1) is 0 Å². The van der Waals surface area contributed by atoms with Gasteiger partial charge in [-0.2, -0.15) is 32.8 Å². The van der Waals surface area contributed by atoms with Crippen LogP contribution in [0.3, 0.4) is 0 Å². The standard InChI is InChI=1S/C20H14F4N6O3/c21-13-4-1-11(20(22,23)24)7-14(13)33-19-28-16-10(5-9-6-15(31)27-17(9)32)8-25-30(16)18(29-19)26-12-2-3-12/h1,4-5,7-8,12H,2-3,6H2,(H,26,28,29)(H,27,31,32)/b9-5+. The fraction of sp³-hybridized carbons (Fsp3) is 0.250. The number of rotatable bonds is 5. The smallest absolute Gasteiger partial charge is 0.416 e. The number of anilines is 1. The van der Waals surface area contributed by atoms with Crippen molar-refractivity contribution in [2.75, 3.05) is 5.32 Å². The van der Waals surface area contributed by atoms with E-state index in [1.807, 2.05) is 0 Å². The van der Waals surface area contributed by atoms with E-state index in [-0.39, 0.29) is 29.6 Å². The average Bonchev–Trinajstić information content (AvgIpc) is 3.37. The molecule has 2 aliphatic rings. The molecule has 2 N–H and O–H groups in total. The topological polar surface area (TPSA) is 111 Å². The Hall–Kier alpha value is -4.03. The number of halogens is 4. The first-order valence-electron chi connectivity index (χ1n) is 9.79. The van der Waals surface area contributed by atoms with Crippen LogP contribution in [0.4, 0.5) is 23.5 Å². The predicted octanol–water partition coefficient (Wildman–Crippen LogP) is 3.08. The highest BCUT2D eigenvalue weighted by atomic mass is 19.4. The molecular weight excluding hydrogens is 448 g/mol. The number of aromatic nitrogens is 4. The monoisotopic (exact) mass is 462 g/mol. The van der Waals surface area contributed by atoms with Crippen LogP contribution in [0.25, 0.3) is 11.7 Å². The fourth-order valence-electron chi connectivity index (χ4n) is 3.19. The van der Waals surface area contributed by atoms with E-state index in [0.29, 0.717) is 23.8 Å². The van der Waals surface area contributed by atoms with E-state index in [1.54, 1.807) is 0 Å². The van der Waals surface area contributed by atoms with Gasteiger partial charge in [0.1, 0.15) is 0 Å². The minimum absolute atomic E-state index is 0.116. The molecule has 9 nitrogen and oxygen atoms in total. The lowest BCUT2D eigenvalue weighted by Gasteiger charge is -2.12. The zero-order chi connectivity index (χ0) is 23.3. The number of alkyl halides is 3. The highest BCUT2D eigenvalue weighted by molar-refractivity contribution is 6.15. The van der Waals surface area contributed by atoms with Crippen LogP contribution in [0.15, 0.2) is 30.0 Å². The van der Waals surface area contributed by atoms with Crippen molar-refractivity contribution in [3.8, 4) is 11.8 Å². The number of carbonyl (C=O) groups excluding carboxylic acids is 2. The minimum Gasteiger partial charge on any atom is -0.421 e. The van der Waals surface area contributed by atoms with Crippen molar-refractivity contribution in [2.45, 2.75) is 31.5 Å². The molecule has 2 amide bonds. The fourth-order valence-corrected chi connectivity index (χ4v) is 3.19. The van der Waals surface area contributed by atoms with E-state index in [1.165, 1.54) is 16.8 Å². The quantitative estimate of drug-likeness (QED) is 0.341. The Bertz CT molecular complexity index is 1330. The number of fused-ring (bicyclic) bond motifs is 1. The summed E-state index contributed by atoms with van der Waals surface area (Å²) in [5, 5.41) is 9.45. The summed E-state index contributed by atoms with van der Waals surface area (Å²) in [6, 6.07) is 1.46. The van der Waals surface area contributed by atoms with Crippen LogP contribution < -0.4 is 15.4 Å². The van der Waals surface area contributed by atoms with Gasteiger partial charge in [0.15, 0.2) is 17.2 Å². The minimum atomic E-state index is -4.70. The van der Waals surface area contributed by atoms with Gasteiger partial charge in [-0.3, -0.25) is 14.9 Å². The Morgan fingerprint density at radius 2 is 2.00 bits per heavy atom. The van der Waals surface area contributed by atoms with Gasteiger partial charge in [-0.25, -0.2) is 4.39 Å². The number of imide groups is 1. The van der Waals surface area contributed by atoms with Gasteiger partial charge in [-0.05, 0) is 37.1 Å². The average molecular weight is 462 g/mol. The molecule has 0 unspecified atom stereocenters. The van der Waals surface area contributed by atoms with E-state index in [9.17, 15) is 27.2 Å². The molecule has 1 saturated carbocycles. The number of carbonyl (C=O) groups is 2. The van der Waals surface area contributed by atoms with Crippen LogP contribution in [-0.2, 0) is 15.8 Å². The lowest BCUT2D eigenvalue weighted by Crippen LogP contribution is -2.19. The van der Waals surface area contributed by atoms with Gasteiger partial charge in [-0.1, -0.05) is 0 Å². The Kier molecular flexibility index (Phi) is 4.76. The molecule has 0 radical (unpaired) electrons. The van der Waals surface area contributed by atoms with Gasteiger partial charge in [0.05, 0.1) is 18.2 Å². The van der Waals surface area contributed by atoms with E-state index < -0.39 is 41.1 Å². The van der Waals surface area contributed by atoms with Gasteiger partial charge in [0.2, 0.25) is 11.9 Å². The van der Waals surface area contributed by atoms with Crippen molar-refractivity contribution in [3.05, 3.63) is 46.9 Å². The van der Waals surface area contributed by atoms with Crippen LogP contribution in [0.2, 0.25) is 0 Å². The van der Waals surface area contributed by atoms with Gasteiger partial charge < -0.3 is 10.1 Å². The largest absolute Gasteiger partial charge is 0.421 e. The summed E-state index contributed by atoms with van der Waals surface area (Å²) < 4.78 is 59.9. The molecule has 13 heteroatoms. The molecule has 5 rings (SSSR count). The lowest BCUT2D eigenvalue weighted by molar-refractivity contribution is -0.137. The van der Waals surface area contributed by atoms with Crippen molar-refractivity contribution in [1.82, 2.24) is 24.9 Å². The molecular formula is C20H14F4N6O3. The molecule has 1 aliphatic heterocycles. The van der Waals surface area contributed by atoms with Crippen LogP contribution >= 0.6 is 0 Å². The third-order valence-corrected chi connectivity index (χ3v) is 4.97. The number of ether oxygens (including phenoxy) is 1. The molecule has 1 aliphatic carbocycles. The summed E-state index contributed by atoms with van der Waals surface area (Å²) in [5.74, 6) is -2.54. The first-order valence-corrected chi connectivity index (χ1v) is 9.79. The number of amides is 2. The molecule has 33 heavy (non-hydrogen) atoms. The Morgan fingerprint density at radius 3 is 2.67 bits per heavy atom. The van der Waals surface area contributed by atoms with Crippen LogP contribution in [-0.4, -0.2) is 37.4 Å². The molecule has 0 spiro atoms. The summed E-state index contributed by atoms with van der Waals surface area (Å²) in [5.41, 5.74) is -0.416. The number of nitrogens with zero attached hydrogens (tertiary/aromatic N) is 4. The maximum Gasteiger partial charge on any atom is 0.416 e. The SMILES string of the molecule is O=C1C/C(=C\c2cnn3c(NC4CC4)nc(Oc4cc(C(F)(F)F)ccc4F)nc23)C(=O)N1. The molecule has 2 aromatic heterocycles. The van der Waals surface area contributed by atoms with Crippen molar-refractivity contribution in [1.29, 1.82) is 0 Å². The van der Waals surface area contributed by atoms with Gasteiger partial charge in [0, 0.05) is 17.2 Å². The summed E-state index contributed by atoms with van der Waals surface area (Å²) >= 11 is 0. The van der Waals surface area contributed by atoms with Crippen molar-refractivity contribution >= 4 is 29.5 Å². The maximum atomic E-state index is 14.2. The molecule has 1 saturated heterocycles. The van der Waals surface area contributed by atoms with E-state index in [2.05, 4.69) is 25.7 Å². The van der Waals surface area contributed by atoms with Gasteiger partial charge >= 0.3 is 12.2 Å². The van der Waals surface area contributed by atoms with Gasteiger partial charge in [0.25, 0.3) is 5.91 Å². The molecule has 2 fully saturated rings. The first kappa shape index (κ1) is 20.8. The number of hydrogen-bond acceptors (Lipinski definition) is 7. The molecule has 0 bridgehead atoms. The molecule has 1 aromatic carbocycles. The molecule has 3 heterocycles. The van der Waals surface area contributed by atoms with Crippen LogP contribution in [0.1, 0.15) is 30.4 Å². The summed E-state index contributed by atoms with van der Waals surface area (Å²) in [7, 11) is 0. The Labute approximate surface area is 182 Å². The molecule has 170 valence electrons. The third kappa shape index (κ3) is 4.21. The number of benzene rings is 1. The van der Waals surface area contributed by atoms with Crippen molar-refractivity contribution < 1.29 is 31.9 Å². The van der Waals surface area contributed by atoms with Crippen molar-refractivity contribution in [2.24, 2.45) is 0 Å². The third-order valence-electron chi connectivity index (χ3n) is 4.97. The zero-order valence-electron chi connectivity index (χ0n) is 16.6. The van der Waals surface area contributed by atoms with Crippen molar-refractivity contribution in [3.63, 3.8) is 0 Å². The Balaban J connectivity index is 1.57. The summed E-state index contributed by atoms with van der Waals surface area (Å²) in [6.07, 6.45) is -0.244. The van der Waals surface area contributed by atoms with Crippen LogP contribution in [0.5, 0.6) is 11.8 Å². The highest BCUT2D eigenvalue weighted by Crippen LogP contribution is 2.34. The second-order valence-electron chi connectivity index (χ2n) is 7.55. The Morgan fingerprint density at radius 1 is 1.21 bits per heavy atom. The summed E-state index contributed by atoms with van der Waals surface area (Å²) in [4.78, 5) is 31.6. The number of hydrogen-bond donors (Lipinski definition) is 2.